The zero-order valence-electron chi connectivity index (χ0n) is 10.9. The maximum atomic E-state index is 5.83. The first-order valence-electron chi connectivity index (χ1n) is 5.86. The molecule has 0 aromatic heterocycles. The van der Waals surface area contributed by atoms with Gasteiger partial charge in [-0.1, -0.05) is 18.3 Å². The molecule has 100 valence electrons. The molecule has 1 unspecified atom stereocenters. The fourth-order valence-electron chi connectivity index (χ4n) is 2.05. The zero-order chi connectivity index (χ0) is 13.7. The molecule has 0 amide bonds. The fourth-order valence-corrected chi connectivity index (χ4v) is 2.96. The van der Waals surface area contributed by atoms with Crippen LogP contribution in [0, 0.1) is 0 Å². The quantitative estimate of drug-likeness (QED) is 0.814. The van der Waals surface area contributed by atoms with Crippen molar-refractivity contribution in [3.63, 3.8) is 0 Å². The minimum absolute atomic E-state index is 0.266. The maximum absolute atomic E-state index is 5.83. The van der Waals surface area contributed by atoms with Crippen molar-refractivity contribution in [3.05, 3.63) is 28.2 Å². The molecule has 3 nitrogen and oxygen atoms in total. The summed E-state index contributed by atoms with van der Waals surface area (Å²) in [6, 6.07) is 6.24. The fraction of sp³-hybridized carbons (Fsp3) is 0.462. The first kappa shape index (κ1) is 15.4. The predicted octanol–water partition coefficient (Wildman–Crippen LogP) is 2.94. The number of benzene rings is 1. The van der Waals surface area contributed by atoms with Crippen LogP contribution in [-0.2, 0) is 4.74 Å². The monoisotopic (exact) mass is 330 g/mol. The molecule has 5 heteroatoms. The summed E-state index contributed by atoms with van der Waals surface area (Å²) >= 11 is 8.65. The molecule has 0 saturated carbocycles. The van der Waals surface area contributed by atoms with Crippen molar-refractivity contribution in [2.75, 3.05) is 25.2 Å². The third kappa shape index (κ3) is 3.43. The lowest BCUT2D eigenvalue weighted by Gasteiger charge is -2.31. The van der Waals surface area contributed by atoms with Crippen LogP contribution < -0.4 is 10.6 Å². The van der Waals surface area contributed by atoms with Gasteiger partial charge in [-0.05, 0) is 41.9 Å². The molecule has 0 saturated heterocycles. The summed E-state index contributed by atoms with van der Waals surface area (Å²) in [4.78, 5) is 2.64. The van der Waals surface area contributed by atoms with Crippen molar-refractivity contribution in [1.29, 1.82) is 0 Å². The van der Waals surface area contributed by atoms with E-state index in [0.717, 1.165) is 22.3 Å². The van der Waals surface area contributed by atoms with Crippen LogP contribution in [0.25, 0.3) is 0 Å². The van der Waals surface area contributed by atoms with Crippen LogP contribution in [-0.4, -0.2) is 31.3 Å². The Kier molecular flexibility index (Phi) is 6.05. The normalized spacial score (nSPS) is 12.2. The van der Waals surface area contributed by atoms with Crippen LogP contribution in [0.5, 0.6) is 0 Å². The number of halogens is 1. The number of nitrogens with two attached hydrogens (primary N) is 1. The van der Waals surface area contributed by atoms with E-state index in [-0.39, 0.29) is 6.04 Å². The Labute approximate surface area is 122 Å². The van der Waals surface area contributed by atoms with Gasteiger partial charge in [-0.15, -0.1) is 0 Å². The Morgan fingerprint density at radius 3 is 2.72 bits per heavy atom. The minimum Gasteiger partial charge on any atom is -0.389 e. The van der Waals surface area contributed by atoms with Crippen LogP contribution in [0.1, 0.15) is 19.4 Å². The van der Waals surface area contributed by atoms with Gasteiger partial charge in [0.1, 0.15) is 4.99 Å². The Balaban J connectivity index is 3.21. The van der Waals surface area contributed by atoms with Crippen LogP contribution in [0.15, 0.2) is 22.7 Å². The van der Waals surface area contributed by atoms with E-state index >= 15 is 0 Å². The van der Waals surface area contributed by atoms with Crippen molar-refractivity contribution in [2.24, 2.45) is 5.73 Å². The molecule has 0 fully saturated rings. The van der Waals surface area contributed by atoms with Gasteiger partial charge >= 0.3 is 0 Å². The summed E-state index contributed by atoms with van der Waals surface area (Å²) in [7, 11) is 1.71. The Bertz CT molecular complexity index is 425. The summed E-state index contributed by atoms with van der Waals surface area (Å²) in [6.45, 7) is 5.77. The molecule has 1 aromatic rings. The SMILES string of the molecule is CCN(c1cccc(Br)c1C(N)=S)C(C)COC. The van der Waals surface area contributed by atoms with E-state index in [4.69, 9.17) is 22.7 Å². The number of nitrogens with zero attached hydrogens (tertiary/aromatic N) is 1. The van der Waals surface area contributed by atoms with E-state index in [9.17, 15) is 0 Å². The number of rotatable bonds is 6. The lowest BCUT2D eigenvalue weighted by atomic mass is 10.1. The molecule has 2 N–H and O–H groups in total. The third-order valence-corrected chi connectivity index (χ3v) is 3.69. The predicted molar refractivity (Wildman–Crippen MR) is 84.4 cm³/mol. The first-order valence-corrected chi connectivity index (χ1v) is 7.06. The summed E-state index contributed by atoms with van der Waals surface area (Å²) in [5.41, 5.74) is 7.76. The highest BCUT2D eigenvalue weighted by molar-refractivity contribution is 9.10. The standard InChI is InChI=1S/C13H19BrN2OS/c1-4-16(9(2)8-17-3)11-7-5-6-10(14)12(11)13(15)18/h5-7,9H,4,8H2,1-3H3,(H2,15,18). The van der Waals surface area contributed by atoms with Gasteiger partial charge in [0, 0.05) is 35.4 Å². The number of anilines is 1. The number of methoxy groups -OCH3 is 1. The molecule has 1 rings (SSSR count). The van der Waals surface area contributed by atoms with Crippen molar-refractivity contribution in [2.45, 2.75) is 19.9 Å². The van der Waals surface area contributed by atoms with Crippen molar-refractivity contribution in [3.8, 4) is 0 Å². The van der Waals surface area contributed by atoms with E-state index < -0.39 is 0 Å². The van der Waals surface area contributed by atoms with E-state index in [2.05, 4.69) is 34.7 Å². The van der Waals surface area contributed by atoms with Gasteiger partial charge in [0.2, 0.25) is 0 Å². The highest BCUT2D eigenvalue weighted by Gasteiger charge is 2.18. The van der Waals surface area contributed by atoms with Gasteiger partial charge in [0.25, 0.3) is 0 Å². The van der Waals surface area contributed by atoms with Crippen LogP contribution in [0.2, 0.25) is 0 Å². The van der Waals surface area contributed by atoms with E-state index in [1.54, 1.807) is 7.11 Å². The van der Waals surface area contributed by atoms with Crippen LogP contribution in [0.3, 0.4) is 0 Å². The molecule has 0 aliphatic carbocycles. The molecule has 0 spiro atoms. The van der Waals surface area contributed by atoms with Gasteiger partial charge in [-0.25, -0.2) is 0 Å². The summed E-state index contributed by atoms with van der Waals surface area (Å²) in [6.07, 6.45) is 0. The van der Waals surface area contributed by atoms with Crippen molar-refractivity contribution < 1.29 is 4.74 Å². The number of hydrogen-bond acceptors (Lipinski definition) is 3. The Hall–Kier alpha value is -0.650. The van der Waals surface area contributed by atoms with Gasteiger partial charge in [-0.2, -0.15) is 0 Å². The average molecular weight is 331 g/mol. The second-order valence-corrected chi connectivity index (χ2v) is 5.38. The maximum Gasteiger partial charge on any atom is 0.107 e. The van der Waals surface area contributed by atoms with Crippen LogP contribution in [0.4, 0.5) is 5.69 Å². The number of ether oxygens (including phenoxy) is 1. The molecule has 0 aliphatic heterocycles. The molecule has 1 atom stereocenters. The third-order valence-electron chi connectivity index (χ3n) is 2.83. The van der Waals surface area contributed by atoms with Crippen molar-refractivity contribution in [1.82, 2.24) is 0 Å². The second kappa shape index (κ2) is 7.07. The van der Waals surface area contributed by atoms with Gasteiger partial charge in [0.15, 0.2) is 0 Å². The smallest absolute Gasteiger partial charge is 0.107 e. The molecular formula is C13H19BrN2OS. The zero-order valence-corrected chi connectivity index (χ0v) is 13.3. The van der Waals surface area contributed by atoms with E-state index in [0.29, 0.717) is 11.6 Å². The van der Waals surface area contributed by atoms with Crippen LogP contribution >= 0.6 is 28.1 Å². The lowest BCUT2D eigenvalue weighted by Crippen LogP contribution is -2.37. The largest absolute Gasteiger partial charge is 0.389 e. The molecule has 1 aromatic carbocycles. The summed E-state index contributed by atoms with van der Waals surface area (Å²) < 4.78 is 6.15. The number of hydrogen-bond donors (Lipinski definition) is 1. The van der Waals surface area contributed by atoms with E-state index in [1.165, 1.54) is 0 Å². The van der Waals surface area contributed by atoms with Crippen molar-refractivity contribution >= 4 is 38.8 Å². The lowest BCUT2D eigenvalue weighted by molar-refractivity contribution is 0.182. The molecule has 0 aliphatic rings. The minimum atomic E-state index is 0.266. The van der Waals surface area contributed by atoms with Gasteiger partial charge < -0.3 is 15.4 Å². The highest BCUT2D eigenvalue weighted by atomic mass is 79.9. The second-order valence-electron chi connectivity index (χ2n) is 4.09. The average Bonchev–Trinajstić information content (AvgIpc) is 2.29. The first-order chi connectivity index (χ1) is 8.52. The van der Waals surface area contributed by atoms with Gasteiger partial charge in [-0.3, -0.25) is 0 Å². The molecule has 0 radical (unpaired) electrons. The molecular weight excluding hydrogens is 312 g/mol. The van der Waals surface area contributed by atoms with Gasteiger partial charge in [0.05, 0.1) is 6.61 Å². The molecule has 18 heavy (non-hydrogen) atoms. The van der Waals surface area contributed by atoms with E-state index in [1.807, 2.05) is 18.2 Å². The number of thiocarbonyl (C=S) groups is 1. The molecule has 0 heterocycles. The number of likely N-dealkylation sites (N-methyl/N-ethyl adjacent to an activating group) is 1. The molecule has 0 bridgehead atoms. The Morgan fingerprint density at radius 2 is 2.22 bits per heavy atom. The summed E-state index contributed by atoms with van der Waals surface area (Å²) in [5, 5.41) is 0. The Morgan fingerprint density at radius 1 is 1.56 bits per heavy atom. The highest BCUT2D eigenvalue weighted by Crippen LogP contribution is 2.29. The topological polar surface area (TPSA) is 38.5 Å². The summed E-state index contributed by atoms with van der Waals surface area (Å²) in [5.74, 6) is 0.